The molecule has 4 nitrogen and oxygen atoms in total. The van der Waals surface area contributed by atoms with Gasteiger partial charge in [0.05, 0.1) is 0 Å². The van der Waals surface area contributed by atoms with Crippen LogP contribution in [0.15, 0.2) is 36.7 Å². The molecular formula is C17H22N4. The normalized spacial score (nSPS) is 18.8. The molecule has 2 aliphatic rings. The summed E-state index contributed by atoms with van der Waals surface area (Å²) in [6.45, 7) is 2.39. The minimum atomic E-state index is 0.624. The Morgan fingerprint density at radius 2 is 1.67 bits per heavy atom. The molecule has 0 amide bonds. The summed E-state index contributed by atoms with van der Waals surface area (Å²) in [5, 5.41) is 3.48. The van der Waals surface area contributed by atoms with Gasteiger partial charge < -0.3 is 10.2 Å². The second-order valence-corrected chi connectivity index (χ2v) is 6.10. The van der Waals surface area contributed by atoms with Gasteiger partial charge in [-0.1, -0.05) is 0 Å². The van der Waals surface area contributed by atoms with Gasteiger partial charge in [0.1, 0.15) is 0 Å². The smallest absolute Gasteiger partial charge is 0.207 e. The fourth-order valence-electron chi connectivity index (χ4n) is 3.00. The summed E-state index contributed by atoms with van der Waals surface area (Å²) in [4.78, 5) is 6.92. The van der Waals surface area contributed by atoms with Gasteiger partial charge in [0, 0.05) is 42.9 Å². The van der Waals surface area contributed by atoms with Crippen LogP contribution in [-0.4, -0.2) is 28.7 Å². The first-order valence-electron chi connectivity index (χ1n) is 8.05. The number of hydrogen-bond acceptors (Lipinski definition) is 3. The molecule has 0 spiro atoms. The van der Waals surface area contributed by atoms with E-state index in [1.807, 2.05) is 12.4 Å². The van der Waals surface area contributed by atoms with Crippen LogP contribution in [0, 0.1) is 0 Å². The average molecular weight is 282 g/mol. The Labute approximate surface area is 125 Å². The number of nitrogens with zero attached hydrogens (tertiary/aromatic N) is 3. The van der Waals surface area contributed by atoms with Gasteiger partial charge in [-0.15, -0.1) is 0 Å². The van der Waals surface area contributed by atoms with E-state index in [1.165, 1.54) is 56.6 Å². The second-order valence-electron chi connectivity index (χ2n) is 6.10. The number of aromatic nitrogens is 2. The lowest BCUT2D eigenvalue weighted by Gasteiger charge is -2.28. The van der Waals surface area contributed by atoms with E-state index < -0.39 is 0 Å². The molecule has 0 atom stereocenters. The molecule has 21 heavy (non-hydrogen) atoms. The molecule has 0 radical (unpaired) electrons. The lowest BCUT2D eigenvalue weighted by Crippen LogP contribution is -2.29. The van der Waals surface area contributed by atoms with E-state index in [4.69, 9.17) is 0 Å². The highest BCUT2D eigenvalue weighted by Gasteiger charge is 2.22. The summed E-state index contributed by atoms with van der Waals surface area (Å²) in [7, 11) is 0. The number of hydrogen-bond donors (Lipinski definition) is 1. The Morgan fingerprint density at radius 3 is 2.38 bits per heavy atom. The predicted molar refractivity (Wildman–Crippen MR) is 86.3 cm³/mol. The summed E-state index contributed by atoms with van der Waals surface area (Å²) < 4.78 is 2.14. The van der Waals surface area contributed by atoms with E-state index in [9.17, 15) is 0 Å². The van der Waals surface area contributed by atoms with Crippen molar-refractivity contribution in [2.24, 2.45) is 0 Å². The summed E-state index contributed by atoms with van der Waals surface area (Å²) in [5.74, 6) is 0.961. The molecule has 1 saturated carbocycles. The van der Waals surface area contributed by atoms with Gasteiger partial charge in [0.2, 0.25) is 5.95 Å². The van der Waals surface area contributed by atoms with E-state index in [1.54, 1.807) is 0 Å². The van der Waals surface area contributed by atoms with Gasteiger partial charge in [0.25, 0.3) is 0 Å². The van der Waals surface area contributed by atoms with Crippen molar-refractivity contribution in [2.45, 2.75) is 38.1 Å². The minimum Gasteiger partial charge on any atom is -0.372 e. The topological polar surface area (TPSA) is 33.1 Å². The molecule has 2 aromatic rings. The van der Waals surface area contributed by atoms with Gasteiger partial charge in [0.15, 0.2) is 0 Å². The molecule has 2 heterocycles. The molecule has 1 N–H and O–H groups in total. The van der Waals surface area contributed by atoms with Crippen LogP contribution < -0.4 is 10.2 Å². The van der Waals surface area contributed by atoms with E-state index in [2.05, 4.69) is 44.0 Å². The number of rotatable bonds is 4. The van der Waals surface area contributed by atoms with E-state index in [0.29, 0.717) is 6.04 Å². The van der Waals surface area contributed by atoms with E-state index in [0.717, 1.165) is 5.95 Å². The average Bonchev–Trinajstić information content (AvgIpc) is 3.24. The summed E-state index contributed by atoms with van der Waals surface area (Å²) >= 11 is 0. The fraction of sp³-hybridized carbons (Fsp3) is 0.471. The highest BCUT2D eigenvalue weighted by Crippen LogP contribution is 2.26. The van der Waals surface area contributed by atoms with Crippen molar-refractivity contribution >= 4 is 11.6 Å². The van der Waals surface area contributed by atoms with Crippen LogP contribution in [0.4, 0.5) is 11.6 Å². The number of benzene rings is 1. The van der Waals surface area contributed by atoms with Crippen LogP contribution in [0.5, 0.6) is 0 Å². The number of piperidine rings is 1. The Balaban J connectivity index is 1.54. The molecule has 4 heteroatoms. The Morgan fingerprint density at radius 1 is 0.952 bits per heavy atom. The molecule has 1 aromatic carbocycles. The predicted octanol–water partition coefficient (Wildman–Crippen LogP) is 3.44. The van der Waals surface area contributed by atoms with Crippen molar-refractivity contribution in [3.05, 3.63) is 36.7 Å². The molecule has 1 aliphatic heterocycles. The van der Waals surface area contributed by atoms with E-state index >= 15 is 0 Å². The fourth-order valence-corrected chi connectivity index (χ4v) is 3.00. The van der Waals surface area contributed by atoms with Crippen molar-refractivity contribution in [1.82, 2.24) is 9.55 Å². The molecule has 110 valence electrons. The van der Waals surface area contributed by atoms with Crippen molar-refractivity contribution in [3.63, 3.8) is 0 Å². The Hall–Kier alpha value is -1.97. The summed E-state index contributed by atoms with van der Waals surface area (Å²) in [5.41, 5.74) is 2.52. The third kappa shape index (κ3) is 2.75. The quantitative estimate of drug-likeness (QED) is 0.932. The third-order valence-corrected chi connectivity index (χ3v) is 4.40. The Kier molecular flexibility index (Phi) is 3.30. The summed E-state index contributed by atoms with van der Waals surface area (Å²) in [6.07, 6.45) is 10.4. The van der Waals surface area contributed by atoms with Crippen molar-refractivity contribution in [2.75, 3.05) is 23.3 Å². The van der Waals surface area contributed by atoms with Crippen molar-refractivity contribution < 1.29 is 0 Å². The Bertz CT molecular complexity index is 592. The lowest BCUT2D eigenvalue weighted by atomic mass is 10.1. The molecular weight excluding hydrogens is 260 g/mol. The lowest BCUT2D eigenvalue weighted by molar-refractivity contribution is 0.578. The maximum Gasteiger partial charge on any atom is 0.207 e. The molecule has 4 rings (SSSR count). The highest BCUT2D eigenvalue weighted by molar-refractivity contribution is 5.53. The zero-order chi connectivity index (χ0) is 14.1. The maximum atomic E-state index is 4.43. The third-order valence-electron chi connectivity index (χ3n) is 4.40. The first-order valence-corrected chi connectivity index (χ1v) is 8.05. The van der Waals surface area contributed by atoms with Gasteiger partial charge in [-0.05, 0) is 56.4 Å². The molecule has 1 saturated heterocycles. The first-order chi connectivity index (χ1) is 10.4. The monoisotopic (exact) mass is 282 g/mol. The minimum absolute atomic E-state index is 0.624. The van der Waals surface area contributed by atoms with Crippen LogP contribution >= 0.6 is 0 Å². The van der Waals surface area contributed by atoms with Gasteiger partial charge in [-0.2, -0.15) is 0 Å². The van der Waals surface area contributed by atoms with Crippen LogP contribution in [0.2, 0.25) is 0 Å². The summed E-state index contributed by atoms with van der Waals surface area (Å²) in [6, 6.07) is 9.50. The molecule has 0 bridgehead atoms. The van der Waals surface area contributed by atoms with E-state index in [-0.39, 0.29) is 0 Å². The number of anilines is 2. The van der Waals surface area contributed by atoms with Gasteiger partial charge >= 0.3 is 0 Å². The zero-order valence-electron chi connectivity index (χ0n) is 12.3. The van der Waals surface area contributed by atoms with Crippen LogP contribution in [0.1, 0.15) is 32.1 Å². The van der Waals surface area contributed by atoms with Crippen molar-refractivity contribution in [1.29, 1.82) is 0 Å². The highest BCUT2D eigenvalue weighted by atomic mass is 15.2. The molecule has 1 aromatic heterocycles. The SMILES string of the molecule is c1cn(-c2ccc(N3CCCCC3)cc2)c(NC2CC2)n1. The largest absolute Gasteiger partial charge is 0.372 e. The molecule has 0 unspecified atom stereocenters. The van der Waals surface area contributed by atoms with Crippen molar-refractivity contribution in [3.8, 4) is 5.69 Å². The van der Waals surface area contributed by atoms with Crippen LogP contribution in [0.3, 0.4) is 0 Å². The van der Waals surface area contributed by atoms with Crippen LogP contribution in [-0.2, 0) is 0 Å². The maximum absolute atomic E-state index is 4.43. The molecule has 2 fully saturated rings. The van der Waals surface area contributed by atoms with Gasteiger partial charge in [-0.25, -0.2) is 4.98 Å². The standard InChI is InChI=1S/C17H22N4/c1-2-11-20(12-3-1)15-6-8-16(9-7-15)21-13-10-18-17(21)19-14-4-5-14/h6-10,13-14H,1-5,11-12H2,(H,18,19). The van der Waals surface area contributed by atoms with Crippen LogP contribution in [0.25, 0.3) is 5.69 Å². The second kappa shape index (κ2) is 5.43. The first kappa shape index (κ1) is 12.7. The van der Waals surface area contributed by atoms with Gasteiger partial charge in [-0.3, -0.25) is 4.57 Å². The number of nitrogens with one attached hydrogen (secondary N) is 1. The molecule has 1 aliphatic carbocycles. The number of imidazole rings is 1. The zero-order valence-corrected chi connectivity index (χ0v) is 12.3.